The zero-order chi connectivity index (χ0) is 14.3. The van der Waals surface area contributed by atoms with Crippen molar-refractivity contribution >= 4 is 5.97 Å². The average Bonchev–Trinajstić information content (AvgIpc) is 2.37. The molecule has 0 bridgehead atoms. The topological polar surface area (TPSA) is 81.8 Å². The minimum absolute atomic E-state index is 0.246. The van der Waals surface area contributed by atoms with Crippen LogP contribution in [-0.4, -0.2) is 29.8 Å². The van der Waals surface area contributed by atoms with Gasteiger partial charge in [-0.05, 0) is 37.6 Å². The van der Waals surface area contributed by atoms with Crippen molar-refractivity contribution in [2.24, 2.45) is 5.73 Å². The molecule has 0 aliphatic rings. The Kier molecular flexibility index (Phi) is 5.63. The van der Waals surface area contributed by atoms with Gasteiger partial charge in [-0.2, -0.15) is 0 Å². The molecule has 0 aromatic heterocycles. The summed E-state index contributed by atoms with van der Waals surface area (Å²) in [6.45, 7) is 4.46. The molecule has 0 amide bonds. The number of ether oxygens (including phenoxy) is 2. The van der Waals surface area contributed by atoms with E-state index >= 15 is 0 Å². The molecule has 1 unspecified atom stereocenters. The third-order valence-electron chi connectivity index (χ3n) is 2.68. The van der Waals surface area contributed by atoms with Gasteiger partial charge in [0.05, 0.1) is 13.2 Å². The summed E-state index contributed by atoms with van der Waals surface area (Å²) in [5.74, 6) is 0.438. The Hall–Kier alpha value is -1.75. The maximum Gasteiger partial charge on any atom is 0.323 e. The molecule has 0 saturated carbocycles. The first-order valence-corrected chi connectivity index (χ1v) is 6.33. The molecular weight excluding hydrogens is 246 g/mol. The largest absolute Gasteiger partial charge is 0.494 e. The first kappa shape index (κ1) is 15.3. The Labute approximate surface area is 113 Å². The van der Waals surface area contributed by atoms with Crippen LogP contribution in [0, 0.1) is 0 Å². The van der Waals surface area contributed by atoms with Crippen LogP contribution < -0.4 is 15.2 Å². The number of hydrogen-bond donors (Lipinski definition) is 2. The standard InChI is InChI=1S/C14H21NO4/c1-3-9-18-11-4-6-12(7-5-11)19-10-8-14(2,15)13(16)17/h4-7H,3,8-10,15H2,1-2H3,(H,16,17). The van der Waals surface area contributed by atoms with Crippen molar-refractivity contribution in [3.8, 4) is 11.5 Å². The van der Waals surface area contributed by atoms with Crippen molar-refractivity contribution in [2.75, 3.05) is 13.2 Å². The van der Waals surface area contributed by atoms with Crippen LogP contribution in [0.15, 0.2) is 24.3 Å². The Balaban J connectivity index is 2.40. The monoisotopic (exact) mass is 267 g/mol. The lowest BCUT2D eigenvalue weighted by atomic mass is 10.0. The van der Waals surface area contributed by atoms with E-state index in [9.17, 15) is 4.79 Å². The Morgan fingerprint density at radius 2 is 1.68 bits per heavy atom. The van der Waals surface area contributed by atoms with E-state index in [4.69, 9.17) is 20.3 Å². The molecule has 0 aliphatic carbocycles. The SMILES string of the molecule is CCCOc1ccc(OCCC(C)(N)C(=O)O)cc1. The molecule has 1 rings (SSSR count). The van der Waals surface area contributed by atoms with Crippen LogP contribution >= 0.6 is 0 Å². The van der Waals surface area contributed by atoms with E-state index in [0.717, 1.165) is 12.2 Å². The number of benzene rings is 1. The van der Waals surface area contributed by atoms with Crippen LogP contribution in [0.2, 0.25) is 0 Å². The number of nitrogens with two attached hydrogens (primary N) is 1. The quantitative estimate of drug-likeness (QED) is 0.753. The summed E-state index contributed by atoms with van der Waals surface area (Å²) in [5.41, 5.74) is 4.34. The normalized spacial score (nSPS) is 13.6. The van der Waals surface area contributed by atoms with E-state index in [2.05, 4.69) is 0 Å². The van der Waals surface area contributed by atoms with Gasteiger partial charge in [-0.25, -0.2) is 0 Å². The Bertz CT molecular complexity index is 400. The van der Waals surface area contributed by atoms with E-state index in [0.29, 0.717) is 12.4 Å². The summed E-state index contributed by atoms with van der Waals surface area (Å²) in [7, 11) is 0. The molecule has 1 atom stereocenters. The second-order valence-corrected chi connectivity index (χ2v) is 4.64. The van der Waals surface area contributed by atoms with Gasteiger partial charge in [-0.15, -0.1) is 0 Å². The van der Waals surface area contributed by atoms with Gasteiger partial charge in [0.25, 0.3) is 0 Å². The summed E-state index contributed by atoms with van der Waals surface area (Å²) < 4.78 is 10.9. The van der Waals surface area contributed by atoms with Gasteiger partial charge in [0, 0.05) is 6.42 Å². The molecule has 1 aromatic rings. The first-order chi connectivity index (χ1) is 8.95. The molecule has 19 heavy (non-hydrogen) atoms. The number of carboxylic acids is 1. The fraction of sp³-hybridized carbons (Fsp3) is 0.500. The number of carboxylic acid groups (broad SMARTS) is 1. The molecule has 5 heteroatoms. The van der Waals surface area contributed by atoms with Crippen molar-refractivity contribution in [1.29, 1.82) is 0 Å². The molecule has 5 nitrogen and oxygen atoms in total. The highest BCUT2D eigenvalue weighted by Gasteiger charge is 2.27. The highest BCUT2D eigenvalue weighted by molar-refractivity contribution is 5.77. The van der Waals surface area contributed by atoms with Crippen LogP contribution in [0.3, 0.4) is 0 Å². The lowest BCUT2D eigenvalue weighted by Gasteiger charge is -2.19. The van der Waals surface area contributed by atoms with E-state index < -0.39 is 11.5 Å². The zero-order valence-corrected chi connectivity index (χ0v) is 11.4. The minimum atomic E-state index is -1.26. The van der Waals surface area contributed by atoms with Crippen LogP contribution in [-0.2, 0) is 4.79 Å². The fourth-order valence-electron chi connectivity index (χ4n) is 1.34. The predicted octanol–water partition coefficient (Wildman–Crippen LogP) is 2.05. The summed E-state index contributed by atoms with van der Waals surface area (Å²) >= 11 is 0. The van der Waals surface area contributed by atoms with Crippen LogP contribution in [0.1, 0.15) is 26.7 Å². The van der Waals surface area contributed by atoms with E-state index in [1.807, 2.05) is 19.1 Å². The van der Waals surface area contributed by atoms with E-state index in [-0.39, 0.29) is 13.0 Å². The van der Waals surface area contributed by atoms with Crippen molar-refractivity contribution in [3.05, 3.63) is 24.3 Å². The summed E-state index contributed by atoms with van der Waals surface area (Å²) in [6.07, 6.45) is 1.21. The third kappa shape index (κ3) is 5.18. The van der Waals surface area contributed by atoms with Crippen molar-refractivity contribution in [2.45, 2.75) is 32.2 Å². The summed E-state index contributed by atoms with van der Waals surface area (Å²) in [4.78, 5) is 10.8. The van der Waals surface area contributed by atoms with Gasteiger partial charge in [0.1, 0.15) is 17.0 Å². The molecule has 1 aromatic carbocycles. The second-order valence-electron chi connectivity index (χ2n) is 4.64. The smallest absolute Gasteiger partial charge is 0.323 e. The second kappa shape index (κ2) is 6.99. The van der Waals surface area contributed by atoms with Crippen LogP contribution in [0.4, 0.5) is 0 Å². The summed E-state index contributed by atoms with van der Waals surface area (Å²) in [5, 5.41) is 8.86. The maximum atomic E-state index is 10.8. The number of hydrogen-bond acceptors (Lipinski definition) is 4. The third-order valence-corrected chi connectivity index (χ3v) is 2.68. The van der Waals surface area contributed by atoms with Crippen LogP contribution in [0.5, 0.6) is 11.5 Å². The zero-order valence-electron chi connectivity index (χ0n) is 11.4. The van der Waals surface area contributed by atoms with Gasteiger partial charge in [-0.3, -0.25) is 4.79 Å². The van der Waals surface area contributed by atoms with Crippen LogP contribution in [0.25, 0.3) is 0 Å². The average molecular weight is 267 g/mol. The number of carbonyl (C=O) groups is 1. The van der Waals surface area contributed by atoms with Gasteiger partial charge in [0.15, 0.2) is 0 Å². The highest BCUT2D eigenvalue weighted by atomic mass is 16.5. The Morgan fingerprint density at radius 1 is 1.21 bits per heavy atom. The number of rotatable bonds is 8. The van der Waals surface area contributed by atoms with Gasteiger partial charge >= 0.3 is 5.97 Å². The van der Waals surface area contributed by atoms with Crippen molar-refractivity contribution in [1.82, 2.24) is 0 Å². The molecule has 0 aliphatic heterocycles. The Morgan fingerprint density at radius 3 is 2.11 bits per heavy atom. The van der Waals surface area contributed by atoms with Gasteiger partial charge in [-0.1, -0.05) is 6.92 Å². The lowest BCUT2D eigenvalue weighted by Crippen LogP contribution is -2.45. The molecular formula is C14H21NO4. The predicted molar refractivity (Wildman–Crippen MR) is 72.6 cm³/mol. The highest BCUT2D eigenvalue weighted by Crippen LogP contribution is 2.18. The van der Waals surface area contributed by atoms with Crippen molar-refractivity contribution < 1.29 is 19.4 Å². The fourth-order valence-corrected chi connectivity index (χ4v) is 1.34. The first-order valence-electron chi connectivity index (χ1n) is 6.33. The maximum absolute atomic E-state index is 10.8. The molecule has 0 radical (unpaired) electrons. The van der Waals surface area contributed by atoms with E-state index in [1.165, 1.54) is 6.92 Å². The van der Waals surface area contributed by atoms with E-state index in [1.54, 1.807) is 12.1 Å². The van der Waals surface area contributed by atoms with Crippen molar-refractivity contribution in [3.63, 3.8) is 0 Å². The molecule has 0 saturated heterocycles. The lowest BCUT2D eigenvalue weighted by molar-refractivity contribution is -0.143. The summed E-state index contributed by atoms with van der Waals surface area (Å²) in [6, 6.07) is 7.23. The van der Waals surface area contributed by atoms with Gasteiger partial charge in [0.2, 0.25) is 0 Å². The molecule has 0 heterocycles. The molecule has 3 N–H and O–H groups in total. The minimum Gasteiger partial charge on any atom is -0.494 e. The van der Waals surface area contributed by atoms with Gasteiger partial charge < -0.3 is 20.3 Å². The molecule has 106 valence electrons. The molecule has 0 spiro atoms. The molecule has 0 fully saturated rings. The number of aliphatic carboxylic acids is 1.